The molecule has 1 aliphatic heterocycles. The summed E-state index contributed by atoms with van der Waals surface area (Å²) in [6.07, 6.45) is 0.808. The molecule has 1 aliphatic rings. The summed E-state index contributed by atoms with van der Waals surface area (Å²) >= 11 is 0. The lowest BCUT2D eigenvalue weighted by molar-refractivity contribution is -0.142. The average Bonchev–Trinajstić information content (AvgIpc) is 2.11. The maximum Gasteiger partial charge on any atom is 0.475 e. The maximum atomic E-state index is 11.3. The summed E-state index contributed by atoms with van der Waals surface area (Å²) in [5, 5.41) is -0.319. The minimum Gasteiger partial charge on any atom is -0.485 e. The van der Waals surface area contributed by atoms with Crippen LogP contribution in [0.2, 0.25) is 11.1 Å². The quantitative estimate of drug-likeness (QED) is 0.705. The summed E-state index contributed by atoms with van der Waals surface area (Å²) in [6.45, 7) is 7.62. The van der Waals surface area contributed by atoms with Crippen molar-refractivity contribution in [3.63, 3.8) is 0 Å². The van der Waals surface area contributed by atoms with Crippen LogP contribution in [0.4, 0.5) is 0 Å². The summed E-state index contributed by atoms with van der Waals surface area (Å²) in [6, 6.07) is 0.617. The Morgan fingerprint density at radius 2 is 1.71 bits per heavy atom. The maximum absolute atomic E-state index is 11.3. The van der Waals surface area contributed by atoms with E-state index in [0.29, 0.717) is 19.3 Å². The van der Waals surface area contributed by atoms with Gasteiger partial charge in [0, 0.05) is 19.9 Å². The van der Waals surface area contributed by atoms with Crippen molar-refractivity contribution in [1.82, 2.24) is 0 Å². The van der Waals surface area contributed by atoms with Crippen LogP contribution in [0.5, 0.6) is 0 Å². The van der Waals surface area contributed by atoms with Crippen molar-refractivity contribution in [3.05, 3.63) is 0 Å². The zero-order valence-corrected chi connectivity index (χ0v) is 11.9. The molecule has 0 unspecified atom stereocenters. The van der Waals surface area contributed by atoms with Gasteiger partial charge in [0.1, 0.15) is 0 Å². The van der Waals surface area contributed by atoms with Gasteiger partial charge in [-0.25, -0.2) is 0 Å². The van der Waals surface area contributed by atoms with E-state index >= 15 is 0 Å². The second-order valence-corrected chi connectivity index (χ2v) is 8.36. The number of hydrogen-bond donors (Lipinski definition) is 0. The third-order valence-electron chi connectivity index (χ3n) is 2.96. The third-order valence-corrected chi connectivity index (χ3v) is 7.48. The number of hydrogen-bond acceptors (Lipinski definition) is 5. The lowest BCUT2D eigenvalue weighted by Crippen LogP contribution is -2.61. The van der Waals surface area contributed by atoms with Crippen LogP contribution in [0.25, 0.3) is 0 Å². The molecule has 1 fully saturated rings. The highest BCUT2D eigenvalue weighted by Crippen LogP contribution is 2.48. The van der Waals surface area contributed by atoms with Gasteiger partial charge in [-0.1, -0.05) is 20.3 Å². The molecule has 17 heavy (non-hydrogen) atoms. The van der Waals surface area contributed by atoms with Crippen molar-refractivity contribution in [3.8, 4) is 0 Å². The SMILES string of the molecule is CCC[Si](OC(C)=O)(OC(C)=O)C1(C)COC1. The first-order valence-electron chi connectivity index (χ1n) is 5.82. The molecule has 0 amide bonds. The number of carbonyl (C=O) groups is 2. The molecular formula is C11H20O5Si. The second-order valence-electron chi connectivity index (χ2n) is 4.74. The van der Waals surface area contributed by atoms with Crippen molar-refractivity contribution < 1.29 is 23.2 Å². The third kappa shape index (κ3) is 2.87. The molecule has 0 aromatic rings. The van der Waals surface area contributed by atoms with Crippen molar-refractivity contribution in [2.75, 3.05) is 13.2 Å². The van der Waals surface area contributed by atoms with E-state index in [1.54, 1.807) is 0 Å². The Morgan fingerprint density at radius 1 is 1.24 bits per heavy atom. The first-order valence-corrected chi connectivity index (χ1v) is 7.84. The van der Waals surface area contributed by atoms with E-state index < -0.39 is 8.56 Å². The van der Waals surface area contributed by atoms with Crippen molar-refractivity contribution in [2.24, 2.45) is 0 Å². The molecule has 0 bridgehead atoms. The topological polar surface area (TPSA) is 61.8 Å². The Balaban J connectivity index is 3.00. The zero-order chi connectivity index (χ0) is 13.1. The first kappa shape index (κ1) is 14.2. The summed E-state index contributed by atoms with van der Waals surface area (Å²) in [5.74, 6) is -0.779. The van der Waals surface area contributed by atoms with E-state index in [2.05, 4.69) is 0 Å². The van der Waals surface area contributed by atoms with Gasteiger partial charge in [0.25, 0.3) is 11.9 Å². The zero-order valence-electron chi connectivity index (χ0n) is 10.9. The van der Waals surface area contributed by atoms with E-state index in [-0.39, 0.29) is 17.0 Å². The lowest BCUT2D eigenvalue weighted by atomic mass is 10.1. The van der Waals surface area contributed by atoms with Gasteiger partial charge in [0.2, 0.25) is 0 Å². The second kappa shape index (κ2) is 5.18. The highest BCUT2D eigenvalue weighted by Gasteiger charge is 2.63. The van der Waals surface area contributed by atoms with Crippen LogP contribution in [0.1, 0.15) is 34.1 Å². The van der Waals surface area contributed by atoms with Gasteiger partial charge in [0.15, 0.2) is 0 Å². The minimum absolute atomic E-state index is 0.319. The van der Waals surface area contributed by atoms with Gasteiger partial charge in [-0.15, -0.1) is 0 Å². The van der Waals surface area contributed by atoms with Crippen LogP contribution in [0.15, 0.2) is 0 Å². The van der Waals surface area contributed by atoms with E-state index in [4.69, 9.17) is 13.6 Å². The minimum atomic E-state index is -2.89. The molecule has 6 heteroatoms. The van der Waals surface area contributed by atoms with Gasteiger partial charge in [-0.2, -0.15) is 0 Å². The van der Waals surface area contributed by atoms with Crippen LogP contribution < -0.4 is 0 Å². The highest BCUT2D eigenvalue weighted by molar-refractivity contribution is 6.73. The molecule has 5 nitrogen and oxygen atoms in total. The lowest BCUT2D eigenvalue weighted by Gasteiger charge is -2.47. The predicted octanol–water partition coefficient (Wildman–Crippen LogP) is 1.76. The molecule has 0 atom stereocenters. The molecular weight excluding hydrogens is 240 g/mol. The van der Waals surface area contributed by atoms with Crippen molar-refractivity contribution >= 4 is 20.5 Å². The molecule has 1 rings (SSSR count). The van der Waals surface area contributed by atoms with Gasteiger partial charge < -0.3 is 13.6 Å². The van der Waals surface area contributed by atoms with Gasteiger partial charge >= 0.3 is 8.56 Å². The van der Waals surface area contributed by atoms with Crippen LogP contribution in [0.3, 0.4) is 0 Å². The number of rotatable bonds is 5. The summed E-state index contributed by atoms with van der Waals surface area (Å²) in [7, 11) is -2.89. The normalized spacial score (nSPS) is 18.1. The molecule has 98 valence electrons. The highest BCUT2D eigenvalue weighted by atomic mass is 28.4. The fraction of sp³-hybridized carbons (Fsp3) is 0.818. The smallest absolute Gasteiger partial charge is 0.475 e. The fourth-order valence-corrected chi connectivity index (χ4v) is 5.67. The molecule has 0 aromatic carbocycles. The van der Waals surface area contributed by atoms with E-state index in [9.17, 15) is 9.59 Å². The largest absolute Gasteiger partial charge is 0.485 e. The van der Waals surface area contributed by atoms with Crippen molar-refractivity contribution in [1.29, 1.82) is 0 Å². The molecule has 0 spiro atoms. The Hall–Kier alpha value is -0.883. The average molecular weight is 260 g/mol. The summed E-state index contributed by atoms with van der Waals surface area (Å²) in [4.78, 5) is 22.6. The van der Waals surface area contributed by atoms with Crippen molar-refractivity contribution in [2.45, 2.75) is 45.2 Å². The first-order chi connectivity index (χ1) is 7.85. The van der Waals surface area contributed by atoms with Crippen LogP contribution in [0, 0.1) is 0 Å². The number of carbonyl (C=O) groups excluding carboxylic acids is 2. The standard InChI is InChI=1S/C11H20O5Si/c1-5-6-17(15-9(2)12,16-10(3)13)11(4)7-14-8-11/h5-8H2,1-4H3. The molecule has 0 aromatic heterocycles. The van der Waals surface area contributed by atoms with E-state index in [0.717, 1.165) is 6.42 Å². The molecule has 0 saturated carbocycles. The predicted molar refractivity (Wildman–Crippen MR) is 63.6 cm³/mol. The van der Waals surface area contributed by atoms with Gasteiger partial charge in [-0.3, -0.25) is 9.59 Å². The molecule has 0 radical (unpaired) electrons. The Morgan fingerprint density at radius 3 is 1.94 bits per heavy atom. The molecule has 0 aliphatic carbocycles. The molecule has 1 saturated heterocycles. The summed E-state index contributed by atoms with van der Waals surface area (Å²) < 4.78 is 16.2. The van der Waals surface area contributed by atoms with Crippen LogP contribution in [-0.2, 0) is 23.2 Å². The molecule has 1 heterocycles. The van der Waals surface area contributed by atoms with Crippen LogP contribution >= 0.6 is 0 Å². The van der Waals surface area contributed by atoms with Gasteiger partial charge in [-0.05, 0) is 0 Å². The van der Waals surface area contributed by atoms with E-state index in [1.807, 2.05) is 13.8 Å². The fourth-order valence-electron chi connectivity index (χ4n) is 2.09. The molecule has 0 N–H and O–H groups in total. The summed E-state index contributed by atoms with van der Waals surface area (Å²) in [5.41, 5.74) is 0. The Kier molecular flexibility index (Phi) is 4.32. The monoisotopic (exact) mass is 260 g/mol. The Bertz CT molecular complexity index is 295. The van der Waals surface area contributed by atoms with Gasteiger partial charge in [0.05, 0.1) is 18.3 Å². The number of ether oxygens (including phenoxy) is 1. The van der Waals surface area contributed by atoms with Crippen LogP contribution in [-0.4, -0.2) is 33.7 Å². The van der Waals surface area contributed by atoms with E-state index in [1.165, 1.54) is 13.8 Å². The Labute approximate surface area is 103 Å².